The van der Waals surface area contributed by atoms with Gasteiger partial charge in [-0.2, -0.15) is 0 Å². The molecule has 2 rings (SSSR count). The molecule has 1 heterocycles. The fourth-order valence-electron chi connectivity index (χ4n) is 2.35. The van der Waals surface area contributed by atoms with Crippen molar-refractivity contribution in [3.8, 4) is 11.5 Å². The summed E-state index contributed by atoms with van der Waals surface area (Å²) in [6.07, 6.45) is 5.35. The molecule has 0 saturated heterocycles. The van der Waals surface area contributed by atoms with Crippen molar-refractivity contribution in [3.05, 3.63) is 41.0 Å². The molecule has 0 fully saturated rings. The van der Waals surface area contributed by atoms with Crippen molar-refractivity contribution in [1.82, 2.24) is 0 Å². The Balaban J connectivity index is 2.34. The van der Waals surface area contributed by atoms with Crippen molar-refractivity contribution in [2.75, 3.05) is 7.11 Å². The van der Waals surface area contributed by atoms with Crippen LogP contribution in [0.25, 0.3) is 6.08 Å². The van der Waals surface area contributed by atoms with E-state index in [9.17, 15) is 4.79 Å². The summed E-state index contributed by atoms with van der Waals surface area (Å²) in [6.45, 7) is 9.37. The van der Waals surface area contributed by atoms with Crippen molar-refractivity contribution < 1.29 is 19.0 Å². The van der Waals surface area contributed by atoms with Gasteiger partial charge in [-0.15, -0.1) is 0 Å². The van der Waals surface area contributed by atoms with Gasteiger partial charge >= 0.3 is 5.97 Å². The van der Waals surface area contributed by atoms with E-state index in [1.165, 1.54) is 0 Å². The first kappa shape index (κ1) is 17.1. The first-order valence-electron chi connectivity index (χ1n) is 7.71. The van der Waals surface area contributed by atoms with E-state index in [0.717, 1.165) is 16.9 Å². The van der Waals surface area contributed by atoms with Gasteiger partial charge in [-0.3, -0.25) is 0 Å². The van der Waals surface area contributed by atoms with Crippen LogP contribution < -0.4 is 9.47 Å². The third-order valence-electron chi connectivity index (χ3n) is 3.88. The van der Waals surface area contributed by atoms with E-state index in [-0.39, 0.29) is 11.6 Å². The topological polar surface area (TPSA) is 44.8 Å². The zero-order chi connectivity index (χ0) is 17.2. The molecule has 1 aromatic carbocycles. The Labute approximate surface area is 137 Å². The van der Waals surface area contributed by atoms with Gasteiger partial charge in [0.15, 0.2) is 0 Å². The van der Waals surface area contributed by atoms with Gasteiger partial charge in [0.2, 0.25) is 0 Å². The van der Waals surface area contributed by atoms with Gasteiger partial charge in [-0.1, -0.05) is 12.2 Å². The number of methoxy groups -OCH3 is 1. The number of carbonyl (C=O) groups excluding carboxylic acids is 1. The third-order valence-corrected chi connectivity index (χ3v) is 3.88. The van der Waals surface area contributed by atoms with Crippen molar-refractivity contribution in [3.63, 3.8) is 0 Å². The normalized spacial score (nSPS) is 17.0. The first-order valence-corrected chi connectivity index (χ1v) is 7.71. The number of rotatable bonds is 4. The predicted octanol–water partition coefficient (Wildman–Crippen LogP) is 4.45. The van der Waals surface area contributed by atoms with Crippen LogP contribution in [0.3, 0.4) is 0 Å². The minimum Gasteiger partial charge on any atom is -0.496 e. The smallest absolute Gasteiger partial charge is 0.333 e. The lowest BCUT2D eigenvalue weighted by Crippen LogP contribution is -2.27. The van der Waals surface area contributed by atoms with E-state index in [0.29, 0.717) is 11.3 Å². The molecule has 0 radical (unpaired) electrons. The summed E-state index contributed by atoms with van der Waals surface area (Å²) in [5, 5.41) is 0. The van der Waals surface area contributed by atoms with E-state index in [2.05, 4.69) is 0 Å². The second kappa shape index (κ2) is 6.49. The molecule has 1 atom stereocenters. The van der Waals surface area contributed by atoms with Gasteiger partial charge < -0.3 is 14.2 Å². The molecule has 0 aliphatic carbocycles. The van der Waals surface area contributed by atoms with Gasteiger partial charge in [-0.05, 0) is 46.8 Å². The summed E-state index contributed by atoms with van der Waals surface area (Å²) in [4.78, 5) is 12.0. The molecule has 4 nitrogen and oxygen atoms in total. The molecule has 1 aliphatic rings. The van der Waals surface area contributed by atoms with Gasteiger partial charge in [-0.25, -0.2) is 4.79 Å². The Morgan fingerprint density at radius 1 is 1.35 bits per heavy atom. The number of hydrogen-bond donors (Lipinski definition) is 0. The molecule has 124 valence electrons. The van der Waals surface area contributed by atoms with Gasteiger partial charge in [0, 0.05) is 22.8 Å². The lowest BCUT2D eigenvalue weighted by Gasteiger charge is -2.29. The highest BCUT2D eigenvalue weighted by Gasteiger charge is 2.25. The van der Waals surface area contributed by atoms with Crippen molar-refractivity contribution in [2.45, 2.75) is 46.3 Å². The molecule has 0 amide bonds. The van der Waals surface area contributed by atoms with E-state index >= 15 is 0 Å². The molecule has 0 bridgehead atoms. The summed E-state index contributed by atoms with van der Waals surface area (Å²) in [6, 6.07) is 3.80. The number of carbonyl (C=O) groups is 1. The van der Waals surface area contributed by atoms with Crippen molar-refractivity contribution >= 4 is 12.0 Å². The summed E-state index contributed by atoms with van der Waals surface area (Å²) in [5.41, 5.74) is 2.00. The summed E-state index contributed by atoms with van der Waals surface area (Å²) in [5.74, 6) is 1.09. The lowest BCUT2D eigenvalue weighted by atomic mass is 9.98. The quantitative estimate of drug-likeness (QED) is 0.608. The monoisotopic (exact) mass is 316 g/mol. The molecule has 1 aromatic rings. The largest absolute Gasteiger partial charge is 0.496 e. The van der Waals surface area contributed by atoms with Crippen LogP contribution in [0, 0.1) is 0 Å². The second-order valence-electron chi connectivity index (χ2n) is 6.19. The van der Waals surface area contributed by atoms with Gasteiger partial charge in [0.05, 0.1) is 7.11 Å². The zero-order valence-corrected chi connectivity index (χ0v) is 14.6. The maximum absolute atomic E-state index is 12.0. The summed E-state index contributed by atoms with van der Waals surface area (Å²) in [7, 11) is 1.60. The number of fused-ring (bicyclic) bond motifs is 1. The van der Waals surface area contributed by atoms with Crippen LogP contribution in [0.2, 0.25) is 0 Å². The predicted molar refractivity (Wildman–Crippen MR) is 90.7 cm³/mol. The van der Waals surface area contributed by atoms with Crippen LogP contribution in [0.4, 0.5) is 0 Å². The number of ether oxygens (including phenoxy) is 3. The highest BCUT2D eigenvalue weighted by Crippen LogP contribution is 2.39. The Kier molecular flexibility index (Phi) is 4.83. The molecular formula is C19H24O4. The Morgan fingerprint density at radius 3 is 2.65 bits per heavy atom. The highest BCUT2D eigenvalue weighted by molar-refractivity contribution is 5.87. The number of esters is 1. The molecule has 23 heavy (non-hydrogen) atoms. The highest BCUT2D eigenvalue weighted by atomic mass is 16.5. The third kappa shape index (κ3) is 3.76. The fraction of sp³-hybridized carbons (Fsp3) is 0.421. The van der Waals surface area contributed by atoms with Crippen LogP contribution in [0.15, 0.2) is 29.9 Å². The number of allylic oxidation sites excluding steroid dienone is 1. The molecular weight excluding hydrogens is 292 g/mol. The van der Waals surface area contributed by atoms with Crippen LogP contribution in [-0.4, -0.2) is 18.7 Å². The number of benzene rings is 1. The van der Waals surface area contributed by atoms with Crippen molar-refractivity contribution in [2.24, 2.45) is 0 Å². The first-order chi connectivity index (χ1) is 10.8. The number of hydrogen-bond acceptors (Lipinski definition) is 4. The van der Waals surface area contributed by atoms with Crippen LogP contribution in [-0.2, 0) is 9.53 Å². The second-order valence-corrected chi connectivity index (χ2v) is 6.19. The van der Waals surface area contributed by atoms with E-state index in [1.54, 1.807) is 20.1 Å². The molecule has 1 aliphatic heterocycles. The van der Waals surface area contributed by atoms with Crippen molar-refractivity contribution in [1.29, 1.82) is 0 Å². The Morgan fingerprint density at radius 2 is 2.04 bits per heavy atom. The zero-order valence-electron chi connectivity index (χ0n) is 14.6. The molecule has 1 unspecified atom stereocenters. The molecule has 4 heteroatoms. The van der Waals surface area contributed by atoms with Crippen LogP contribution in [0.1, 0.15) is 51.8 Å². The fourth-order valence-corrected chi connectivity index (χ4v) is 2.35. The molecule has 0 saturated carbocycles. The van der Waals surface area contributed by atoms with Crippen LogP contribution >= 0.6 is 0 Å². The average molecular weight is 316 g/mol. The van der Waals surface area contributed by atoms with E-state index in [1.807, 2.05) is 52.0 Å². The van der Waals surface area contributed by atoms with E-state index < -0.39 is 6.10 Å². The van der Waals surface area contributed by atoms with Gasteiger partial charge in [0.1, 0.15) is 23.2 Å². The van der Waals surface area contributed by atoms with E-state index in [4.69, 9.17) is 14.2 Å². The minimum absolute atomic E-state index is 0.326. The Hall–Kier alpha value is -2.23. The minimum atomic E-state index is -0.416. The lowest BCUT2D eigenvalue weighted by molar-refractivity contribution is -0.143. The molecule has 0 spiro atoms. The molecule has 0 aromatic heterocycles. The Bertz CT molecular complexity index is 668. The SMILES string of the molecule is C/C=C(/C)C(=O)OC(C)c1cc2c(cc1OC)OC(C)(C)C=C2. The maximum atomic E-state index is 12.0. The summed E-state index contributed by atoms with van der Waals surface area (Å²) >= 11 is 0. The van der Waals surface area contributed by atoms with Gasteiger partial charge in [0.25, 0.3) is 0 Å². The average Bonchev–Trinajstić information content (AvgIpc) is 2.51. The molecule has 0 N–H and O–H groups in total. The van der Waals surface area contributed by atoms with Crippen LogP contribution in [0.5, 0.6) is 11.5 Å². The summed E-state index contributed by atoms with van der Waals surface area (Å²) < 4.78 is 16.9. The standard InChI is InChI=1S/C19H24O4/c1-7-12(2)18(20)22-13(3)15-10-14-8-9-19(4,5)23-16(14)11-17(15)21-6/h7-11,13H,1-6H3/b12-7-. The maximum Gasteiger partial charge on any atom is 0.333 e.